The van der Waals surface area contributed by atoms with Gasteiger partial charge < -0.3 is 5.32 Å². The number of nitrogens with zero attached hydrogens (tertiary/aromatic N) is 1. The summed E-state index contributed by atoms with van der Waals surface area (Å²) >= 11 is 0. The van der Waals surface area contributed by atoms with E-state index < -0.39 is 30.7 Å². The SMILES string of the molecule is CCNC(=O)NC(=O)CN(C)[C@H](c1ccccc1)C(F)(F)F. The second-order valence-corrected chi connectivity index (χ2v) is 4.68. The minimum atomic E-state index is -4.54. The standard InChI is InChI=1S/C14H18F3N3O2/c1-3-18-13(22)19-11(21)9-20(2)12(14(15,16)17)10-7-5-4-6-8-10/h4-8,12H,3,9H2,1-2H3,(H2,18,19,21,22)/t12-/m1/s1. The quantitative estimate of drug-likeness (QED) is 0.874. The maximum atomic E-state index is 13.2. The van der Waals surface area contributed by atoms with Gasteiger partial charge >= 0.3 is 12.2 Å². The molecule has 1 atom stereocenters. The van der Waals surface area contributed by atoms with Crippen molar-refractivity contribution in [2.24, 2.45) is 0 Å². The first kappa shape index (κ1) is 18.0. The fourth-order valence-corrected chi connectivity index (χ4v) is 2.02. The number of carbonyl (C=O) groups is 2. The average molecular weight is 317 g/mol. The van der Waals surface area contributed by atoms with E-state index in [0.717, 1.165) is 4.90 Å². The van der Waals surface area contributed by atoms with Crippen molar-refractivity contribution in [3.05, 3.63) is 35.9 Å². The molecular formula is C14H18F3N3O2. The molecule has 0 aliphatic rings. The number of amides is 3. The van der Waals surface area contributed by atoms with Crippen molar-refractivity contribution >= 4 is 11.9 Å². The second-order valence-electron chi connectivity index (χ2n) is 4.68. The summed E-state index contributed by atoms with van der Waals surface area (Å²) in [5, 5.41) is 4.30. The molecule has 3 amide bonds. The molecular weight excluding hydrogens is 299 g/mol. The minimum absolute atomic E-state index is 0.0308. The molecule has 1 aromatic carbocycles. The number of hydrogen-bond donors (Lipinski definition) is 2. The molecule has 22 heavy (non-hydrogen) atoms. The summed E-state index contributed by atoms with van der Waals surface area (Å²) in [5.74, 6) is -0.807. The van der Waals surface area contributed by atoms with Crippen LogP contribution in [0.25, 0.3) is 0 Å². The van der Waals surface area contributed by atoms with Crippen LogP contribution < -0.4 is 10.6 Å². The molecule has 0 aliphatic carbocycles. The van der Waals surface area contributed by atoms with Gasteiger partial charge in [-0.25, -0.2) is 4.79 Å². The van der Waals surface area contributed by atoms with Gasteiger partial charge in [-0.2, -0.15) is 13.2 Å². The predicted molar refractivity (Wildman–Crippen MR) is 75.1 cm³/mol. The van der Waals surface area contributed by atoms with E-state index in [0.29, 0.717) is 6.54 Å². The summed E-state index contributed by atoms with van der Waals surface area (Å²) in [6, 6.07) is 4.64. The molecule has 0 fully saturated rings. The lowest BCUT2D eigenvalue weighted by Gasteiger charge is -2.29. The first-order valence-electron chi connectivity index (χ1n) is 6.65. The molecule has 122 valence electrons. The van der Waals surface area contributed by atoms with Crippen LogP contribution in [-0.2, 0) is 4.79 Å². The van der Waals surface area contributed by atoms with Gasteiger partial charge in [-0.05, 0) is 19.5 Å². The molecule has 0 aromatic heterocycles. The summed E-state index contributed by atoms with van der Waals surface area (Å²) in [6.07, 6.45) is -4.54. The number of likely N-dealkylation sites (N-methyl/N-ethyl adjacent to an activating group) is 1. The number of benzene rings is 1. The number of halogens is 3. The van der Waals surface area contributed by atoms with Gasteiger partial charge in [0.05, 0.1) is 6.54 Å². The molecule has 0 radical (unpaired) electrons. The van der Waals surface area contributed by atoms with Gasteiger partial charge in [-0.1, -0.05) is 30.3 Å². The molecule has 2 N–H and O–H groups in total. The first-order chi connectivity index (χ1) is 10.3. The highest BCUT2D eigenvalue weighted by atomic mass is 19.4. The number of rotatable bonds is 5. The van der Waals surface area contributed by atoms with E-state index in [1.54, 1.807) is 13.0 Å². The van der Waals surface area contributed by atoms with Crippen LogP contribution in [0.1, 0.15) is 18.5 Å². The van der Waals surface area contributed by atoms with Crippen LogP contribution in [0.4, 0.5) is 18.0 Å². The lowest BCUT2D eigenvalue weighted by atomic mass is 10.1. The molecule has 0 heterocycles. The molecule has 0 bridgehead atoms. The van der Waals surface area contributed by atoms with Crippen molar-refractivity contribution in [3.63, 3.8) is 0 Å². The summed E-state index contributed by atoms with van der Waals surface area (Å²) in [4.78, 5) is 23.7. The Morgan fingerprint density at radius 2 is 1.82 bits per heavy atom. The number of alkyl halides is 3. The van der Waals surface area contributed by atoms with Crippen LogP contribution in [0.15, 0.2) is 30.3 Å². The Bertz CT molecular complexity index is 506. The lowest BCUT2D eigenvalue weighted by molar-refractivity contribution is -0.183. The predicted octanol–water partition coefficient (Wildman–Crippen LogP) is 2.07. The second kappa shape index (κ2) is 7.79. The average Bonchev–Trinajstić information content (AvgIpc) is 2.38. The summed E-state index contributed by atoms with van der Waals surface area (Å²) in [6.45, 7) is 1.41. The van der Waals surface area contributed by atoms with E-state index in [-0.39, 0.29) is 5.56 Å². The van der Waals surface area contributed by atoms with Crippen molar-refractivity contribution in [2.45, 2.75) is 19.1 Å². The lowest BCUT2D eigenvalue weighted by Crippen LogP contribution is -2.46. The Morgan fingerprint density at radius 1 is 1.23 bits per heavy atom. The fourth-order valence-electron chi connectivity index (χ4n) is 2.02. The summed E-state index contributed by atoms with van der Waals surface area (Å²) in [5.41, 5.74) is 0.0308. The third-order valence-corrected chi connectivity index (χ3v) is 2.85. The molecule has 0 saturated carbocycles. The van der Waals surface area contributed by atoms with E-state index in [2.05, 4.69) is 5.32 Å². The van der Waals surface area contributed by atoms with Crippen LogP contribution in [0, 0.1) is 0 Å². The summed E-state index contributed by atoms with van der Waals surface area (Å²) in [7, 11) is 1.18. The molecule has 8 heteroatoms. The third kappa shape index (κ3) is 5.36. The Labute approximate surface area is 126 Å². The van der Waals surface area contributed by atoms with Gasteiger partial charge in [-0.15, -0.1) is 0 Å². The highest BCUT2D eigenvalue weighted by molar-refractivity contribution is 5.95. The first-order valence-corrected chi connectivity index (χ1v) is 6.65. The van der Waals surface area contributed by atoms with Crippen LogP contribution >= 0.6 is 0 Å². The normalized spacial score (nSPS) is 12.8. The van der Waals surface area contributed by atoms with E-state index in [1.807, 2.05) is 5.32 Å². The van der Waals surface area contributed by atoms with E-state index in [4.69, 9.17) is 0 Å². The monoisotopic (exact) mass is 317 g/mol. The number of imide groups is 1. The zero-order chi connectivity index (χ0) is 16.8. The van der Waals surface area contributed by atoms with Crippen molar-refractivity contribution in [1.29, 1.82) is 0 Å². The smallest absolute Gasteiger partial charge is 0.338 e. The zero-order valence-corrected chi connectivity index (χ0v) is 12.3. The van der Waals surface area contributed by atoms with Crippen LogP contribution in [0.5, 0.6) is 0 Å². The van der Waals surface area contributed by atoms with Crippen LogP contribution in [0.3, 0.4) is 0 Å². The molecule has 1 rings (SSSR count). The maximum absolute atomic E-state index is 13.2. The van der Waals surface area contributed by atoms with Gasteiger partial charge in [0.15, 0.2) is 0 Å². The largest absolute Gasteiger partial charge is 0.408 e. The molecule has 0 aliphatic heterocycles. The Kier molecular flexibility index (Phi) is 6.36. The molecule has 0 spiro atoms. The molecule has 1 aromatic rings. The zero-order valence-electron chi connectivity index (χ0n) is 12.3. The Morgan fingerprint density at radius 3 is 2.32 bits per heavy atom. The number of nitrogens with one attached hydrogen (secondary N) is 2. The van der Waals surface area contributed by atoms with E-state index >= 15 is 0 Å². The van der Waals surface area contributed by atoms with Crippen LogP contribution in [0.2, 0.25) is 0 Å². The van der Waals surface area contributed by atoms with Crippen molar-refractivity contribution in [2.75, 3.05) is 20.1 Å². The van der Waals surface area contributed by atoms with Crippen molar-refractivity contribution in [3.8, 4) is 0 Å². The highest BCUT2D eigenvalue weighted by Gasteiger charge is 2.43. The Balaban J connectivity index is 2.80. The van der Waals surface area contributed by atoms with Crippen molar-refractivity contribution in [1.82, 2.24) is 15.5 Å². The van der Waals surface area contributed by atoms with Crippen LogP contribution in [-0.4, -0.2) is 43.2 Å². The maximum Gasteiger partial charge on any atom is 0.408 e. The summed E-state index contributed by atoms with van der Waals surface area (Å²) < 4.78 is 39.7. The highest BCUT2D eigenvalue weighted by Crippen LogP contribution is 2.36. The van der Waals surface area contributed by atoms with Gasteiger partial charge in [-0.3, -0.25) is 15.0 Å². The number of carbonyl (C=O) groups excluding carboxylic acids is 2. The molecule has 5 nitrogen and oxygen atoms in total. The third-order valence-electron chi connectivity index (χ3n) is 2.85. The van der Waals surface area contributed by atoms with Gasteiger partial charge in [0, 0.05) is 6.54 Å². The van der Waals surface area contributed by atoms with Gasteiger partial charge in [0.1, 0.15) is 6.04 Å². The number of hydrogen-bond acceptors (Lipinski definition) is 3. The van der Waals surface area contributed by atoms with E-state index in [1.165, 1.54) is 31.3 Å². The number of urea groups is 1. The van der Waals surface area contributed by atoms with Crippen molar-refractivity contribution < 1.29 is 22.8 Å². The molecule has 0 unspecified atom stereocenters. The van der Waals surface area contributed by atoms with E-state index in [9.17, 15) is 22.8 Å². The topological polar surface area (TPSA) is 61.4 Å². The fraction of sp³-hybridized carbons (Fsp3) is 0.429. The van der Waals surface area contributed by atoms with Gasteiger partial charge in [0.25, 0.3) is 0 Å². The molecule has 0 saturated heterocycles. The van der Waals surface area contributed by atoms with Gasteiger partial charge in [0.2, 0.25) is 5.91 Å². The minimum Gasteiger partial charge on any atom is -0.338 e. The Hall–Kier alpha value is -2.09.